The first-order valence-corrected chi connectivity index (χ1v) is 5.42. The number of carbonyl (C=O) groups excluding carboxylic acids is 1. The van der Waals surface area contributed by atoms with E-state index in [2.05, 4.69) is 4.74 Å². The van der Waals surface area contributed by atoms with E-state index in [9.17, 15) is 4.79 Å². The monoisotopic (exact) mass is 237 g/mol. The number of methoxy groups -OCH3 is 2. The van der Waals surface area contributed by atoms with E-state index in [4.69, 9.17) is 10.5 Å². The van der Waals surface area contributed by atoms with Crippen LogP contribution in [0.2, 0.25) is 0 Å². The summed E-state index contributed by atoms with van der Waals surface area (Å²) in [7, 11) is 2.93. The van der Waals surface area contributed by atoms with Crippen molar-refractivity contribution in [2.24, 2.45) is 0 Å². The lowest BCUT2D eigenvalue weighted by Crippen LogP contribution is -1.96. The summed E-state index contributed by atoms with van der Waals surface area (Å²) in [6.07, 6.45) is 0. The van der Waals surface area contributed by atoms with Gasteiger partial charge in [0.25, 0.3) is 0 Å². The summed E-state index contributed by atoms with van der Waals surface area (Å²) in [5.41, 5.74) is 6.34. The van der Waals surface area contributed by atoms with Crippen LogP contribution >= 0.6 is 11.3 Å². The van der Waals surface area contributed by atoms with Crippen molar-refractivity contribution in [3.05, 3.63) is 23.1 Å². The van der Waals surface area contributed by atoms with Gasteiger partial charge in [-0.3, -0.25) is 0 Å². The molecule has 2 aromatic rings. The third-order valence-corrected chi connectivity index (χ3v) is 3.29. The number of anilines is 1. The molecule has 0 aliphatic carbocycles. The highest BCUT2D eigenvalue weighted by Crippen LogP contribution is 2.35. The number of fused-ring (bicyclic) bond motifs is 1. The van der Waals surface area contributed by atoms with Crippen molar-refractivity contribution in [3.63, 3.8) is 0 Å². The quantitative estimate of drug-likeness (QED) is 0.643. The number of carbonyl (C=O) groups is 1. The fraction of sp³-hybridized carbons (Fsp3) is 0.182. The van der Waals surface area contributed by atoms with Crippen LogP contribution in [-0.2, 0) is 4.74 Å². The molecule has 0 amide bonds. The molecule has 1 aromatic carbocycles. The van der Waals surface area contributed by atoms with Crippen LogP contribution in [-0.4, -0.2) is 20.2 Å². The van der Waals surface area contributed by atoms with Crippen LogP contribution in [0, 0.1) is 0 Å². The number of hydrogen-bond acceptors (Lipinski definition) is 5. The number of ether oxygens (including phenoxy) is 2. The Labute approximate surface area is 96.6 Å². The topological polar surface area (TPSA) is 61.5 Å². The third kappa shape index (κ3) is 1.69. The SMILES string of the molecule is COC(=O)c1cc2c(OC)cc(N)cc2s1. The van der Waals surface area contributed by atoms with Gasteiger partial charge in [-0.1, -0.05) is 0 Å². The Kier molecular flexibility index (Phi) is 2.70. The number of thiophene rings is 1. The van der Waals surface area contributed by atoms with Crippen molar-refractivity contribution in [2.45, 2.75) is 0 Å². The Hall–Kier alpha value is -1.75. The lowest BCUT2D eigenvalue weighted by molar-refractivity contribution is 0.0606. The lowest BCUT2D eigenvalue weighted by Gasteiger charge is -2.02. The first-order valence-electron chi connectivity index (χ1n) is 4.61. The molecule has 0 bridgehead atoms. The lowest BCUT2D eigenvalue weighted by atomic mass is 10.2. The smallest absolute Gasteiger partial charge is 0.348 e. The number of rotatable bonds is 2. The van der Waals surface area contributed by atoms with Crippen molar-refractivity contribution in [1.82, 2.24) is 0 Å². The molecule has 0 spiro atoms. The minimum absolute atomic E-state index is 0.346. The predicted octanol–water partition coefficient (Wildman–Crippen LogP) is 2.28. The van der Waals surface area contributed by atoms with E-state index in [1.54, 1.807) is 19.2 Å². The fourth-order valence-corrected chi connectivity index (χ4v) is 2.54. The molecule has 0 fully saturated rings. The van der Waals surface area contributed by atoms with Gasteiger partial charge < -0.3 is 15.2 Å². The van der Waals surface area contributed by atoms with Crippen LogP contribution in [0.5, 0.6) is 5.75 Å². The summed E-state index contributed by atoms with van der Waals surface area (Å²) in [5.74, 6) is 0.322. The van der Waals surface area contributed by atoms with Gasteiger partial charge in [-0.15, -0.1) is 11.3 Å². The molecule has 0 radical (unpaired) electrons. The Morgan fingerprint density at radius 3 is 2.69 bits per heavy atom. The molecule has 1 aromatic heterocycles. The highest BCUT2D eigenvalue weighted by molar-refractivity contribution is 7.20. The molecule has 84 valence electrons. The molecule has 0 unspecified atom stereocenters. The maximum atomic E-state index is 11.4. The summed E-state index contributed by atoms with van der Waals surface area (Å²) < 4.78 is 10.8. The molecule has 1 heterocycles. The number of benzene rings is 1. The predicted molar refractivity (Wildman–Crippen MR) is 64.1 cm³/mol. The molecule has 0 aliphatic heterocycles. The summed E-state index contributed by atoms with van der Waals surface area (Å²) in [6, 6.07) is 5.30. The maximum Gasteiger partial charge on any atom is 0.348 e. The number of nitrogen functional groups attached to an aromatic ring is 1. The average Bonchev–Trinajstić information content (AvgIpc) is 2.70. The molecule has 5 heteroatoms. The molecule has 2 N–H and O–H groups in total. The van der Waals surface area contributed by atoms with Crippen molar-refractivity contribution < 1.29 is 14.3 Å². The highest BCUT2D eigenvalue weighted by atomic mass is 32.1. The number of nitrogens with two attached hydrogens (primary N) is 1. The van der Waals surface area contributed by atoms with Crippen molar-refractivity contribution in [3.8, 4) is 5.75 Å². The minimum Gasteiger partial charge on any atom is -0.496 e. The van der Waals surface area contributed by atoms with Crippen molar-refractivity contribution in [1.29, 1.82) is 0 Å². The van der Waals surface area contributed by atoms with Gasteiger partial charge in [-0.25, -0.2) is 4.79 Å². The van der Waals surface area contributed by atoms with Gasteiger partial charge >= 0.3 is 5.97 Å². The second kappa shape index (κ2) is 4.02. The first-order chi connectivity index (χ1) is 7.65. The number of hydrogen-bond donors (Lipinski definition) is 1. The molecule has 0 saturated heterocycles. The minimum atomic E-state index is -0.346. The van der Waals surface area contributed by atoms with Gasteiger partial charge in [-0.2, -0.15) is 0 Å². The zero-order valence-corrected chi connectivity index (χ0v) is 9.76. The van der Waals surface area contributed by atoms with Gasteiger partial charge in [-0.05, 0) is 12.1 Å². The standard InChI is InChI=1S/C11H11NO3S/c1-14-8-3-6(12)4-9-7(8)5-10(16-9)11(13)15-2/h3-5H,12H2,1-2H3. The molecule has 0 saturated carbocycles. The summed E-state index contributed by atoms with van der Waals surface area (Å²) in [5, 5.41) is 0.877. The van der Waals surface area contributed by atoms with Crippen LogP contribution in [0.1, 0.15) is 9.67 Å². The molecule has 16 heavy (non-hydrogen) atoms. The Balaban J connectivity index is 2.64. The van der Waals surface area contributed by atoms with E-state index < -0.39 is 0 Å². The van der Waals surface area contributed by atoms with Gasteiger partial charge in [0, 0.05) is 21.8 Å². The molecule has 0 atom stereocenters. The van der Waals surface area contributed by atoms with E-state index in [0.29, 0.717) is 16.3 Å². The largest absolute Gasteiger partial charge is 0.496 e. The maximum absolute atomic E-state index is 11.4. The van der Waals surface area contributed by atoms with E-state index in [1.807, 2.05) is 6.07 Å². The first kappa shape index (κ1) is 10.8. The second-order valence-electron chi connectivity index (χ2n) is 3.24. The van der Waals surface area contributed by atoms with E-state index >= 15 is 0 Å². The van der Waals surface area contributed by atoms with Gasteiger partial charge in [0.15, 0.2) is 0 Å². The van der Waals surface area contributed by atoms with Gasteiger partial charge in [0.1, 0.15) is 10.6 Å². The van der Waals surface area contributed by atoms with Crippen molar-refractivity contribution in [2.75, 3.05) is 20.0 Å². The summed E-state index contributed by atoms with van der Waals surface area (Å²) in [4.78, 5) is 11.9. The van der Waals surface area contributed by atoms with E-state index in [0.717, 1.165) is 10.1 Å². The Bertz CT molecular complexity index is 547. The summed E-state index contributed by atoms with van der Waals surface area (Å²) in [6.45, 7) is 0. The Morgan fingerprint density at radius 1 is 1.31 bits per heavy atom. The van der Waals surface area contributed by atoms with E-state index in [-0.39, 0.29) is 5.97 Å². The second-order valence-corrected chi connectivity index (χ2v) is 4.32. The fourth-order valence-electron chi connectivity index (χ4n) is 1.50. The zero-order valence-electron chi connectivity index (χ0n) is 8.94. The summed E-state index contributed by atoms with van der Waals surface area (Å²) >= 11 is 1.34. The zero-order chi connectivity index (χ0) is 11.7. The van der Waals surface area contributed by atoms with Crippen LogP contribution in [0.15, 0.2) is 18.2 Å². The number of esters is 1. The van der Waals surface area contributed by atoms with Gasteiger partial charge in [0.2, 0.25) is 0 Å². The Morgan fingerprint density at radius 2 is 2.06 bits per heavy atom. The molecular weight excluding hydrogens is 226 g/mol. The van der Waals surface area contributed by atoms with Crippen molar-refractivity contribution >= 4 is 33.1 Å². The molecule has 4 nitrogen and oxygen atoms in total. The molecular formula is C11H11NO3S. The molecule has 2 rings (SSSR count). The van der Waals surface area contributed by atoms with Crippen LogP contribution < -0.4 is 10.5 Å². The van der Waals surface area contributed by atoms with Crippen LogP contribution in [0.4, 0.5) is 5.69 Å². The highest BCUT2D eigenvalue weighted by Gasteiger charge is 2.13. The third-order valence-electron chi connectivity index (χ3n) is 2.23. The van der Waals surface area contributed by atoms with Crippen LogP contribution in [0.3, 0.4) is 0 Å². The van der Waals surface area contributed by atoms with E-state index in [1.165, 1.54) is 18.4 Å². The molecule has 0 aliphatic rings. The average molecular weight is 237 g/mol. The van der Waals surface area contributed by atoms with Crippen LogP contribution in [0.25, 0.3) is 10.1 Å². The normalized spacial score (nSPS) is 10.4. The van der Waals surface area contributed by atoms with Gasteiger partial charge in [0.05, 0.1) is 14.2 Å².